The molecule has 2 aromatic carbocycles. The van der Waals surface area contributed by atoms with Crippen LogP contribution in [0.5, 0.6) is 11.5 Å². The molecule has 2 N–H and O–H groups in total. The average Bonchev–Trinajstić information content (AvgIpc) is 2.54. The van der Waals surface area contributed by atoms with Crippen LogP contribution in [0.1, 0.15) is 0 Å². The largest absolute Gasteiger partial charge is 0.497 e. The molecule has 2 aromatic rings. The van der Waals surface area contributed by atoms with Gasteiger partial charge < -0.3 is 20.1 Å². The summed E-state index contributed by atoms with van der Waals surface area (Å²) in [4.78, 5) is 12.0. The van der Waals surface area contributed by atoms with Gasteiger partial charge in [0.2, 0.25) is 5.91 Å². The van der Waals surface area contributed by atoms with Gasteiger partial charge in [-0.1, -0.05) is 11.6 Å². The van der Waals surface area contributed by atoms with Crippen molar-refractivity contribution in [3.05, 3.63) is 47.2 Å². The SMILES string of the molecule is COc1ccc(NC(=O)CNc2ccc(F)cc2Cl)c(OC)c1. The van der Waals surface area contributed by atoms with Gasteiger partial charge in [-0.05, 0) is 30.3 Å². The molecule has 0 heterocycles. The number of hydrogen-bond acceptors (Lipinski definition) is 4. The highest BCUT2D eigenvalue weighted by Crippen LogP contribution is 2.29. The third-order valence-corrected chi connectivity index (χ3v) is 3.37. The van der Waals surface area contributed by atoms with Gasteiger partial charge in [0.15, 0.2) is 0 Å². The van der Waals surface area contributed by atoms with E-state index in [0.717, 1.165) is 0 Å². The lowest BCUT2D eigenvalue weighted by Crippen LogP contribution is -2.22. The molecule has 0 aromatic heterocycles. The summed E-state index contributed by atoms with van der Waals surface area (Å²) in [6.07, 6.45) is 0. The van der Waals surface area contributed by atoms with Crippen LogP contribution in [0.2, 0.25) is 5.02 Å². The summed E-state index contributed by atoms with van der Waals surface area (Å²) in [7, 11) is 3.05. The number of hydrogen-bond donors (Lipinski definition) is 2. The van der Waals surface area contributed by atoms with E-state index < -0.39 is 5.82 Å². The second kappa shape index (κ2) is 7.69. The van der Waals surface area contributed by atoms with Gasteiger partial charge in [0.25, 0.3) is 0 Å². The summed E-state index contributed by atoms with van der Waals surface area (Å²) < 4.78 is 23.3. The fourth-order valence-electron chi connectivity index (χ4n) is 1.90. The van der Waals surface area contributed by atoms with Gasteiger partial charge in [-0.25, -0.2) is 4.39 Å². The zero-order valence-electron chi connectivity index (χ0n) is 12.7. The maximum absolute atomic E-state index is 13.0. The number of methoxy groups -OCH3 is 2. The number of nitrogens with one attached hydrogen (secondary N) is 2. The number of benzene rings is 2. The van der Waals surface area contributed by atoms with Crippen LogP contribution in [0, 0.1) is 5.82 Å². The Kier molecular flexibility index (Phi) is 5.65. The molecule has 0 aliphatic heterocycles. The summed E-state index contributed by atoms with van der Waals surface area (Å²) in [5, 5.41) is 5.77. The van der Waals surface area contributed by atoms with Crippen molar-refractivity contribution in [2.75, 3.05) is 31.4 Å². The van der Waals surface area contributed by atoms with Crippen molar-refractivity contribution in [2.45, 2.75) is 0 Å². The lowest BCUT2D eigenvalue weighted by molar-refractivity contribution is -0.114. The third-order valence-electron chi connectivity index (χ3n) is 3.05. The Morgan fingerprint density at radius 1 is 1.13 bits per heavy atom. The van der Waals surface area contributed by atoms with Gasteiger partial charge in [-0.15, -0.1) is 0 Å². The minimum absolute atomic E-state index is 0.0272. The van der Waals surface area contributed by atoms with Crippen LogP contribution in [0.25, 0.3) is 0 Å². The number of carbonyl (C=O) groups is 1. The average molecular weight is 339 g/mol. The van der Waals surface area contributed by atoms with Crippen LogP contribution < -0.4 is 20.1 Å². The lowest BCUT2D eigenvalue weighted by Gasteiger charge is -2.12. The predicted molar refractivity (Wildman–Crippen MR) is 88.1 cm³/mol. The van der Waals surface area contributed by atoms with Crippen molar-refractivity contribution in [3.63, 3.8) is 0 Å². The normalized spacial score (nSPS) is 10.1. The van der Waals surface area contributed by atoms with E-state index in [1.54, 1.807) is 25.3 Å². The first kappa shape index (κ1) is 16.9. The molecule has 0 radical (unpaired) electrons. The number of ether oxygens (including phenoxy) is 2. The van der Waals surface area contributed by atoms with Gasteiger partial charge in [-0.2, -0.15) is 0 Å². The van der Waals surface area contributed by atoms with E-state index in [1.807, 2.05) is 0 Å². The standard InChI is InChI=1S/C16H16ClFN2O3/c1-22-11-4-6-14(15(8-11)23-2)20-16(21)9-19-13-5-3-10(18)7-12(13)17/h3-8,19H,9H2,1-2H3,(H,20,21). The predicted octanol–water partition coefficient (Wildman–Crippen LogP) is 3.55. The molecule has 0 saturated heterocycles. The molecule has 1 amide bonds. The number of halogens is 2. The zero-order chi connectivity index (χ0) is 16.8. The van der Waals surface area contributed by atoms with E-state index in [-0.39, 0.29) is 17.5 Å². The highest BCUT2D eigenvalue weighted by Gasteiger charge is 2.10. The van der Waals surface area contributed by atoms with Crippen LogP contribution in [0.4, 0.5) is 15.8 Å². The zero-order valence-corrected chi connectivity index (χ0v) is 13.4. The molecule has 0 saturated carbocycles. The van der Waals surface area contributed by atoms with Gasteiger partial charge in [-0.3, -0.25) is 4.79 Å². The van der Waals surface area contributed by atoms with Crippen LogP contribution in [0.3, 0.4) is 0 Å². The van der Waals surface area contributed by atoms with Crippen molar-refractivity contribution in [3.8, 4) is 11.5 Å². The van der Waals surface area contributed by atoms with Crippen molar-refractivity contribution >= 4 is 28.9 Å². The topological polar surface area (TPSA) is 59.6 Å². The minimum Gasteiger partial charge on any atom is -0.497 e. The smallest absolute Gasteiger partial charge is 0.243 e. The molecule has 0 spiro atoms. The van der Waals surface area contributed by atoms with E-state index in [2.05, 4.69) is 10.6 Å². The summed E-state index contributed by atoms with van der Waals surface area (Å²) >= 11 is 5.89. The van der Waals surface area contributed by atoms with E-state index in [4.69, 9.17) is 21.1 Å². The number of carbonyl (C=O) groups excluding carboxylic acids is 1. The maximum Gasteiger partial charge on any atom is 0.243 e. The molecule has 0 atom stereocenters. The molecular weight excluding hydrogens is 323 g/mol. The van der Waals surface area contributed by atoms with Crippen molar-refractivity contribution in [1.82, 2.24) is 0 Å². The Balaban J connectivity index is 1.99. The molecule has 7 heteroatoms. The number of amides is 1. The van der Waals surface area contributed by atoms with Gasteiger partial charge in [0.05, 0.1) is 37.2 Å². The first-order valence-corrected chi connectivity index (χ1v) is 7.12. The Morgan fingerprint density at radius 2 is 1.87 bits per heavy atom. The molecular formula is C16H16ClFN2O3. The summed E-state index contributed by atoms with van der Waals surface area (Å²) in [6, 6.07) is 8.97. The monoisotopic (exact) mass is 338 g/mol. The molecule has 0 unspecified atom stereocenters. The van der Waals surface area contributed by atoms with Gasteiger partial charge in [0.1, 0.15) is 17.3 Å². The molecule has 0 aliphatic rings. The van der Waals surface area contributed by atoms with E-state index >= 15 is 0 Å². The third kappa shape index (κ3) is 4.50. The molecule has 0 fully saturated rings. The fraction of sp³-hybridized carbons (Fsp3) is 0.188. The van der Waals surface area contributed by atoms with Crippen molar-refractivity contribution in [1.29, 1.82) is 0 Å². The highest BCUT2D eigenvalue weighted by molar-refractivity contribution is 6.33. The van der Waals surface area contributed by atoms with Gasteiger partial charge >= 0.3 is 0 Å². The Labute approximate surface area is 138 Å². The summed E-state index contributed by atoms with van der Waals surface area (Å²) in [6.45, 7) is -0.0272. The van der Waals surface area contributed by atoms with E-state index in [0.29, 0.717) is 22.9 Å². The second-order valence-electron chi connectivity index (χ2n) is 4.59. The van der Waals surface area contributed by atoms with Gasteiger partial charge in [0, 0.05) is 6.07 Å². The van der Waals surface area contributed by atoms with Crippen LogP contribution >= 0.6 is 11.6 Å². The van der Waals surface area contributed by atoms with Crippen molar-refractivity contribution in [2.24, 2.45) is 0 Å². The lowest BCUT2D eigenvalue weighted by atomic mass is 10.2. The first-order valence-electron chi connectivity index (χ1n) is 6.74. The molecule has 5 nitrogen and oxygen atoms in total. The van der Waals surface area contributed by atoms with E-state index in [1.165, 1.54) is 25.3 Å². The number of rotatable bonds is 6. The van der Waals surface area contributed by atoms with Crippen LogP contribution in [-0.4, -0.2) is 26.7 Å². The van der Waals surface area contributed by atoms with Crippen LogP contribution in [-0.2, 0) is 4.79 Å². The molecule has 0 bridgehead atoms. The summed E-state index contributed by atoms with van der Waals surface area (Å²) in [5.41, 5.74) is 0.996. The second-order valence-corrected chi connectivity index (χ2v) is 5.00. The summed E-state index contributed by atoms with van der Waals surface area (Å²) in [5.74, 6) is 0.371. The molecule has 23 heavy (non-hydrogen) atoms. The fourth-order valence-corrected chi connectivity index (χ4v) is 2.14. The maximum atomic E-state index is 13.0. The first-order chi connectivity index (χ1) is 11.0. The minimum atomic E-state index is -0.437. The van der Waals surface area contributed by atoms with Crippen LogP contribution in [0.15, 0.2) is 36.4 Å². The molecule has 0 aliphatic carbocycles. The Hall–Kier alpha value is -2.47. The Bertz CT molecular complexity index is 710. The van der Waals surface area contributed by atoms with E-state index in [9.17, 15) is 9.18 Å². The van der Waals surface area contributed by atoms with Crippen molar-refractivity contribution < 1.29 is 18.7 Å². The quantitative estimate of drug-likeness (QED) is 0.845. The molecule has 122 valence electrons. The Morgan fingerprint density at radius 3 is 2.52 bits per heavy atom. The number of anilines is 2. The molecule has 2 rings (SSSR count). The highest BCUT2D eigenvalue weighted by atomic mass is 35.5.